The summed E-state index contributed by atoms with van der Waals surface area (Å²) in [6.07, 6.45) is 95.1. The third kappa shape index (κ3) is 69.3. The maximum Gasteiger partial charge on any atom is 0.306 e. The predicted molar refractivity (Wildman–Crippen MR) is 362 cm³/mol. The third-order valence-corrected chi connectivity index (χ3v) is 15.9. The fourth-order valence-corrected chi connectivity index (χ4v) is 10.5. The Hall–Kier alpha value is -3.41. The molecule has 0 rings (SSSR count). The molecule has 0 heterocycles. The predicted octanol–water partition coefficient (Wildman–Crippen LogP) is 25.0. The summed E-state index contributed by atoms with van der Waals surface area (Å²) in [6.45, 7) is 6.53. The molecular weight excluding hydrogens is 1020 g/mol. The second-order valence-corrected chi connectivity index (χ2v) is 24.1. The Kier molecular flexibility index (Phi) is 68.2. The van der Waals surface area contributed by atoms with Gasteiger partial charge in [-0.3, -0.25) is 14.4 Å². The number of carbonyl (C=O) groups excluding carboxylic acids is 3. The van der Waals surface area contributed by atoms with E-state index in [9.17, 15) is 14.4 Å². The molecule has 0 saturated heterocycles. The normalized spacial score (nSPS) is 12.6. The minimum atomic E-state index is -0.772. The van der Waals surface area contributed by atoms with Crippen molar-refractivity contribution in [3.05, 3.63) is 85.1 Å². The Labute approximate surface area is 515 Å². The first-order valence-electron chi connectivity index (χ1n) is 36.1. The molecule has 0 radical (unpaired) electrons. The van der Waals surface area contributed by atoms with Crippen molar-refractivity contribution in [1.82, 2.24) is 0 Å². The van der Waals surface area contributed by atoms with Crippen LogP contribution in [0, 0.1) is 0 Å². The smallest absolute Gasteiger partial charge is 0.306 e. The molecule has 0 aromatic rings. The van der Waals surface area contributed by atoms with Crippen LogP contribution >= 0.6 is 0 Å². The topological polar surface area (TPSA) is 78.9 Å². The molecule has 0 amide bonds. The fourth-order valence-electron chi connectivity index (χ4n) is 10.5. The fraction of sp³-hybridized carbons (Fsp3) is 0.779. The molecule has 1 unspecified atom stereocenters. The van der Waals surface area contributed by atoms with Gasteiger partial charge in [-0.1, -0.05) is 337 Å². The first-order chi connectivity index (χ1) is 41.0. The number of hydrogen-bond donors (Lipinski definition) is 0. The van der Waals surface area contributed by atoms with E-state index >= 15 is 0 Å². The van der Waals surface area contributed by atoms with E-state index in [2.05, 4.69) is 106 Å². The van der Waals surface area contributed by atoms with Crippen LogP contribution in [0.3, 0.4) is 0 Å². The highest BCUT2D eigenvalue weighted by Gasteiger charge is 2.19. The number of allylic oxidation sites excluding steroid dienone is 14. The Balaban J connectivity index is 4.01. The zero-order valence-corrected chi connectivity index (χ0v) is 55.2. The lowest BCUT2D eigenvalue weighted by Crippen LogP contribution is -2.30. The van der Waals surface area contributed by atoms with Gasteiger partial charge in [0.15, 0.2) is 6.10 Å². The number of esters is 3. The molecule has 0 N–H and O–H groups in total. The lowest BCUT2D eigenvalue weighted by atomic mass is 10.0. The van der Waals surface area contributed by atoms with Gasteiger partial charge < -0.3 is 14.2 Å². The van der Waals surface area contributed by atoms with Crippen LogP contribution < -0.4 is 0 Å². The average Bonchev–Trinajstić information content (AvgIpc) is 3.49. The van der Waals surface area contributed by atoms with Gasteiger partial charge in [-0.2, -0.15) is 0 Å². The minimum absolute atomic E-state index is 0.0713. The van der Waals surface area contributed by atoms with E-state index < -0.39 is 6.10 Å². The summed E-state index contributed by atoms with van der Waals surface area (Å²) in [5, 5.41) is 0. The van der Waals surface area contributed by atoms with Crippen LogP contribution in [0.2, 0.25) is 0 Å². The van der Waals surface area contributed by atoms with E-state index in [1.54, 1.807) is 0 Å². The van der Waals surface area contributed by atoms with Gasteiger partial charge in [-0.05, 0) is 96.3 Å². The quantitative estimate of drug-likeness (QED) is 0.0261. The van der Waals surface area contributed by atoms with Gasteiger partial charge in [-0.15, -0.1) is 0 Å². The van der Waals surface area contributed by atoms with Gasteiger partial charge in [0.05, 0.1) is 0 Å². The number of ether oxygens (including phenoxy) is 3. The van der Waals surface area contributed by atoms with Crippen LogP contribution in [0.15, 0.2) is 85.1 Å². The van der Waals surface area contributed by atoms with Gasteiger partial charge in [0.25, 0.3) is 0 Å². The van der Waals surface area contributed by atoms with Crippen LogP contribution in [0.25, 0.3) is 0 Å². The standard InChI is InChI=1S/C77H136O6/c1-4-7-10-13-16-18-20-22-24-26-28-30-32-33-34-35-36-37-38-39-40-41-42-43-45-46-48-50-52-54-56-58-61-64-67-70-76(79)82-73-74(72-81-75(78)69-66-63-60-15-12-9-6-3)83-77(80)71-68-65-62-59-57-55-53-51-49-47-44-31-29-27-25-23-21-19-17-14-11-8-5-2/h7,10,16,18,22,24,27-30,33-34,36-37,74H,4-6,8-9,11-15,17,19-21,23,25-26,31-32,35,38-73H2,1-3H3/b10-7-,18-16-,24-22-,29-27-,30-28-,34-33-,37-36-. The highest BCUT2D eigenvalue weighted by Crippen LogP contribution is 2.18. The van der Waals surface area contributed by atoms with E-state index in [1.165, 1.54) is 231 Å². The zero-order chi connectivity index (χ0) is 59.9. The second-order valence-electron chi connectivity index (χ2n) is 24.1. The lowest BCUT2D eigenvalue weighted by molar-refractivity contribution is -0.167. The van der Waals surface area contributed by atoms with E-state index in [0.29, 0.717) is 19.3 Å². The first kappa shape index (κ1) is 79.6. The van der Waals surface area contributed by atoms with Crippen LogP contribution in [0.4, 0.5) is 0 Å². The Bertz CT molecular complexity index is 1570. The molecule has 6 heteroatoms. The van der Waals surface area contributed by atoms with Crippen molar-refractivity contribution in [2.24, 2.45) is 0 Å². The zero-order valence-electron chi connectivity index (χ0n) is 55.2. The van der Waals surface area contributed by atoms with Crippen LogP contribution in [-0.2, 0) is 28.6 Å². The molecule has 0 aromatic carbocycles. The van der Waals surface area contributed by atoms with Gasteiger partial charge >= 0.3 is 17.9 Å². The van der Waals surface area contributed by atoms with Crippen molar-refractivity contribution >= 4 is 17.9 Å². The van der Waals surface area contributed by atoms with Gasteiger partial charge in [0.1, 0.15) is 13.2 Å². The molecular formula is C77H136O6. The van der Waals surface area contributed by atoms with Crippen molar-refractivity contribution in [2.75, 3.05) is 13.2 Å². The van der Waals surface area contributed by atoms with Crippen molar-refractivity contribution in [1.29, 1.82) is 0 Å². The summed E-state index contributed by atoms with van der Waals surface area (Å²) >= 11 is 0. The average molecular weight is 1160 g/mol. The van der Waals surface area contributed by atoms with E-state index in [1.807, 2.05) is 0 Å². The number of unbranched alkanes of at least 4 members (excludes halogenated alkanes) is 41. The Morgan fingerprint density at radius 3 is 0.747 bits per heavy atom. The van der Waals surface area contributed by atoms with Crippen molar-refractivity contribution in [2.45, 2.75) is 374 Å². The number of rotatable bonds is 66. The highest BCUT2D eigenvalue weighted by molar-refractivity contribution is 5.71. The van der Waals surface area contributed by atoms with E-state index in [0.717, 1.165) is 96.3 Å². The molecule has 0 saturated carbocycles. The summed E-state index contributed by atoms with van der Waals surface area (Å²) in [7, 11) is 0. The van der Waals surface area contributed by atoms with E-state index in [-0.39, 0.29) is 31.1 Å². The highest BCUT2D eigenvalue weighted by atomic mass is 16.6. The maximum atomic E-state index is 12.9. The van der Waals surface area contributed by atoms with Gasteiger partial charge in [0.2, 0.25) is 0 Å². The largest absolute Gasteiger partial charge is 0.462 e. The van der Waals surface area contributed by atoms with E-state index in [4.69, 9.17) is 14.2 Å². The molecule has 0 bridgehead atoms. The van der Waals surface area contributed by atoms with Crippen LogP contribution in [0.5, 0.6) is 0 Å². The lowest BCUT2D eigenvalue weighted by Gasteiger charge is -2.18. The second kappa shape index (κ2) is 71.1. The number of hydrogen-bond acceptors (Lipinski definition) is 6. The molecule has 6 nitrogen and oxygen atoms in total. The van der Waals surface area contributed by atoms with Gasteiger partial charge in [0, 0.05) is 19.3 Å². The maximum absolute atomic E-state index is 12.9. The molecule has 1 atom stereocenters. The first-order valence-corrected chi connectivity index (χ1v) is 36.1. The summed E-state index contributed by atoms with van der Waals surface area (Å²) in [6, 6.07) is 0. The molecule has 480 valence electrons. The summed E-state index contributed by atoms with van der Waals surface area (Å²) in [5.74, 6) is -0.859. The molecule has 0 aliphatic rings. The summed E-state index contributed by atoms with van der Waals surface area (Å²) in [5.41, 5.74) is 0. The molecule has 0 aliphatic carbocycles. The number of carbonyl (C=O) groups is 3. The molecule has 0 aliphatic heterocycles. The summed E-state index contributed by atoms with van der Waals surface area (Å²) in [4.78, 5) is 38.2. The van der Waals surface area contributed by atoms with Crippen molar-refractivity contribution in [3.8, 4) is 0 Å². The van der Waals surface area contributed by atoms with Crippen LogP contribution in [0.1, 0.15) is 367 Å². The monoisotopic (exact) mass is 1160 g/mol. The SMILES string of the molecule is CC/C=C\C/C=C\C/C=C\C/C=C\C/C=C\C/C=C\CCCCCCCCCCCCCCCCCCC(=O)OCC(COC(=O)CCCCCCCCC)OC(=O)CCCCCCCCCCCCC/C=C\CCCCCCCCCC. The minimum Gasteiger partial charge on any atom is -0.462 e. The van der Waals surface area contributed by atoms with Crippen LogP contribution in [-0.4, -0.2) is 37.2 Å². The Morgan fingerprint density at radius 2 is 0.470 bits per heavy atom. The molecule has 0 spiro atoms. The molecule has 0 fully saturated rings. The summed E-state index contributed by atoms with van der Waals surface area (Å²) < 4.78 is 16.9. The van der Waals surface area contributed by atoms with Gasteiger partial charge in [-0.25, -0.2) is 0 Å². The van der Waals surface area contributed by atoms with Crippen molar-refractivity contribution < 1.29 is 28.6 Å². The van der Waals surface area contributed by atoms with Crippen molar-refractivity contribution in [3.63, 3.8) is 0 Å². The molecule has 83 heavy (non-hydrogen) atoms. The molecule has 0 aromatic heterocycles. The Morgan fingerprint density at radius 1 is 0.253 bits per heavy atom. The third-order valence-electron chi connectivity index (χ3n) is 15.9.